The van der Waals surface area contributed by atoms with E-state index < -0.39 is 6.10 Å². The van der Waals surface area contributed by atoms with Crippen molar-refractivity contribution in [3.8, 4) is 0 Å². The Bertz CT molecular complexity index is 1220. The Kier molecular flexibility index (Phi) is 6.23. The van der Waals surface area contributed by atoms with Crippen LogP contribution < -0.4 is 4.90 Å². The zero-order valence-electron chi connectivity index (χ0n) is 21.8. The van der Waals surface area contributed by atoms with E-state index in [0.717, 1.165) is 37.2 Å². The van der Waals surface area contributed by atoms with Crippen LogP contribution in [0.25, 0.3) is 0 Å². The number of aromatic nitrogens is 2. The molecule has 0 bridgehead atoms. The van der Waals surface area contributed by atoms with Crippen molar-refractivity contribution in [1.29, 1.82) is 0 Å². The summed E-state index contributed by atoms with van der Waals surface area (Å²) in [4.78, 5) is 32.8. The summed E-state index contributed by atoms with van der Waals surface area (Å²) in [6.07, 6.45) is 1.84. The van der Waals surface area contributed by atoms with E-state index in [1.807, 2.05) is 4.90 Å². The first kappa shape index (κ1) is 24.4. The number of aliphatic hydroxyl groups excluding tert-OH is 2. The molecule has 4 atom stereocenters. The summed E-state index contributed by atoms with van der Waals surface area (Å²) in [5, 5.41) is 24.4. The van der Waals surface area contributed by atoms with Crippen molar-refractivity contribution in [2.75, 3.05) is 50.8 Å². The number of hydrogen-bond donors (Lipinski definition) is 2. The van der Waals surface area contributed by atoms with Crippen LogP contribution in [0.4, 0.5) is 5.69 Å². The summed E-state index contributed by atoms with van der Waals surface area (Å²) < 4.78 is 1.79. The zero-order chi connectivity index (χ0) is 25.8. The number of aryl methyl sites for hydroxylation is 1. The third-order valence-electron chi connectivity index (χ3n) is 9.10. The summed E-state index contributed by atoms with van der Waals surface area (Å²) in [5.41, 5.74) is 6.36. The van der Waals surface area contributed by atoms with Gasteiger partial charge in [0.25, 0.3) is 5.91 Å². The fourth-order valence-electron chi connectivity index (χ4n) is 6.52. The smallest absolute Gasteiger partial charge is 0.274 e. The highest BCUT2D eigenvalue weighted by Crippen LogP contribution is 2.57. The molecule has 3 fully saturated rings. The maximum Gasteiger partial charge on any atom is 0.274 e. The molecule has 2 aromatic rings. The van der Waals surface area contributed by atoms with Gasteiger partial charge in [-0.15, -0.1) is 0 Å². The molecule has 2 aliphatic carbocycles. The first-order chi connectivity index (χ1) is 17.9. The molecule has 6 rings (SSSR count). The molecule has 2 saturated heterocycles. The van der Waals surface area contributed by atoms with Gasteiger partial charge in [0.1, 0.15) is 6.54 Å². The number of benzene rings is 1. The van der Waals surface area contributed by atoms with Crippen LogP contribution in [0.1, 0.15) is 51.6 Å². The highest BCUT2D eigenvalue weighted by atomic mass is 16.3. The normalized spacial score (nSPS) is 26.8. The van der Waals surface area contributed by atoms with Gasteiger partial charge in [0.2, 0.25) is 5.91 Å². The van der Waals surface area contributed by atoms with E-state index in [9.17, 15) is 19.8 Å². The molecule has 9 heteroatoms. The zero-order valence-corrected chi connectivity index (χ0v) is 21.8. The largest absolute Gasteiger partial charge is 0.396 e. The van der Waals surface area contributed by atoms with Gasteiger partial charge >= 0.3 is 0 Å². The molecular formula is C28H37N5O4. The van der Waals surface area contributed by atoms with E-state index in [1.54, 1.807) is 9.58 Å². The first-order valence-electron chi connectivity index (χ1n) is 13.6. The van der Waals surface area contributed by atoms with E-state index in [4.69, 9.17) is 5.10 Å². The number of rotatable bonds is 5. The second-order valence-corrected chi connectivity index (χ2v) is 11.3. The lowest BCUT2D eigenvalue weighted by Gasteiger charge is -2.37. The van der Waals surface area contributed by atoms with E-state index in [1.165, 1.54) is 16.8 Å². The van der Waals surface area contributed by atoms with E-state index in [-0.39, 0.29) is 30.9 Å². The summed E-state index contributed by atoms with van der Waals surface area (Å²) >= 11 is 0. The van der Waals surface area contributed by atoms with E-state index in [2.05, 4.69) is 36.9 Å². The molecule has 37 heavy (non-hydrogen) atoms. The lowest BCUT2D eigenvalue weighted by atomic mass is 9.95. The third-order valence-corrected chi connectivity index (χ3v) is 9.10. The predicted molar refractivity (Wildman–Crippen MR) is 139 cm³/mol. The van der Waals surface area contributed by atoms with Crippen molar-refractivity contribution in [3.63, 3.8) is 0 Å². The quantitative estimate of drug-likeness (QED) is 0.633. The molecule has 1 saturated carbocycles. The average molecular weight is 508 g/mol. The SMILES string of the molecule is Cc1cccc(N2CCN(C(=O)Cn3nc(C(=O)N4CCC(O)C(CO)C4)c4c3C[C@H]3C[C@@H]43)CC2)c1C. The molecule has 2 amide bonds. The molecule has 0 radical (unpaired) electrons. The molecule has 0 spiro atoms. The van der Waals surface area contributed by atoms with Gasteiger partial charge in [0, 0.05) is 62.1 Å². The minimum atomic E-state index is -0.585. The Balaban J connectivity index is 1.15. The van der Waals surface area contributed by atoms with Gasteiger partial charge in [-0.3, -0.25) is 14.3 Å². The Labute approximate surface area is 217 Å². The van der Waals surface area contributed by atoms with Gasteiger partial charge < -0.3 is 24.9 Å². The minimum Gasteiger partial charge on any atom is -0.396 e. The van der Waals surface area contributed by atoms with E-state index in [0.29, 0.717) is 50.1 Å². The Morgan fingerprint density at radius 1 is 1.08 bits per heavy atom. The van der Waals surface area contributed by atoms with Gasteiger partial charge in [-0.1, -0.05) is 12.1 Å². The summed E-state index contributed by atoms with van der Waals surface area (Å²) in [7, 11) is 0. The Hall–Kier alpha value is -2.91. The van der Waals surface area contributed by atoms with Crippen molar-refractivity contribution in [1.82, 2.24) is 19.6 Å². The second kappa shape index (κ2) is 9.44. The third kappa shape index (κ3) is 4.32. The first-order valence-corrected chi connectivity index (χ1v) is 13.6. The van der Waals surface area contributed by atoms with Gasteiger partial charge in [0.15, 0.2) is 5.69 Å². The number of nitrogens with zero attached hydrogens (tertiary/aromatic N) is 5. The van der Waals surface area contributed by atoms with E-state index >= 15 is 0 Å². The van der Waals surface area contributed by atoms with Crippen molar-refractivity contribution in [3.05, 3.63) is 46.3 Å². The van der Waals surface area contributed by atoms with Crippen LogP contribution in [0.3, 0.4) is 0 Å². The second-order valence-electron chi connectivity index (χ2n) is 11.3. The van der Waals surface area contributed by atoms with Crippen molar-refractivity contribution in [2.45, 2.75) is 51.7 Å². The summed E-state index contributed by atoms with van der Waals surface area (Å²) in [5.74, 6) is 0.526. The predicted octanol–water partition coefficient (Wildman–Crippen LogP) is 1.32. The summed E-state index contributed by atoms with van der Waals surface area (Å²) in [6, 6.07) is 6.37. The highest BCUT2D eigenvalue weighted by molar-refractivity contribution is 5.95. The number of anilines is 1. The topological polar surface area (TPSA) is 102 Å². The van der Waals surface area contributed by atoms with Crippen LogP contribution in [0, 0.1) is 25.7 Å². The number of carbonyl (C=O) groups is 2. The van der Waals surface area contributed by atoms with Crippen LogP contribution >= 0.6 is 0 Å². The molecule has 2 N–H and O–H groups in total. The Morgan fingerprint density at radius 3 is 2.62 bits per heavy atom. The molecular weight excluding hydrogens is 470 g/mol. The number of likely N-dealkylation sites (tertiary alicyclic amines) is 1. The van der Waals surface area contributed by atoms with Crippen LogP contribution in [-0.4, -0.2) is 93.6 Å². The van der Waals surface area contributed by atoms with Crippen molar-refractivity contribution >= 4 is 17.5 Å². The van der Waals surface area contributed by atoms with Crippen LogP contribution in [0.15, 0.2) is 18.2 Å². The molecule has 1 aromatic heterocycles. The lowest BCUT2D eigenvalue weighted by Crippen LogP contribution is -2.50. The number of amides is 2. The fourth-order valence-corrected chi connectivity index (χ4v) is 6.52. The lowest BCUT2D eigenvalue weighted by molar-refractivity contribution is -0.132. The maximum absolute atomic E-state index is 13.5. The molecule has 3 heterocycles. The highest BCUT2D eigenvalue weighted by Gasteiger charge is 2.50. The number of piperidine rings is 1. The van der Waals surface area contributed by atoms with Crippen LogP contribution in [0.5, 0.6) is 0 Å². The Morgan fingerprint density at radius 2 is 1.86 bits per heavy atom. The number of aliphatic hydroxyl groups is 2. The molecule has 198 valence electrons. The number of hydrogen-bond acceptors (Lipinski definition) is 6. The van der Waals surface area contributed by atoms with Crippen LogP contribution in [0.2, 0.25) is 0 Å². The van der Waals surface area contributed by atoms with Gasteiger partial charge in [0.05, 0.1) is 12.7 Å². The fraction of sp³-hybridized carbons (Fsp3) is 0.607. The average Bonchev–Trinajstić information content (AvgIpc) is 3.43. The van der Waals surface area contributed by atoms with Crippen molar-refractivity contribution < 1.29 is 19.8 Å². The maximum atomic E-state index is 13.5. The molecule has 2 unspecified atom stereocenters. The standard InChI is InChI=1S/C28H37N5O4/c1-17-4-3-5-22(18(17)2)30-8-10-31(11-9-30)25(36)15-33-23-13-19-12-21(19)26(23)27(29-33)28(37)32-7-6-24(35)20(14-32)16-34/h3-5,19-21,24,34-35H,6-16H2,1-2H3/t19-,20?,21-,24?/m1/s1. The molecule has 4 aliphatic rings. The monoisotopic (exact) mass is 507 g/mol. The minimum absolute atomic E-state index is 0.0481. The molecule has 9 nitrogen and oxygen atoms in total. The van der Waals surface area contributed by atoms with Gasteiger partial charge in [-0.05, 0) is 62.1 Å². The summed E-state index contributed by atoms with van der Waals surface area (Å²) in [6.45, 7) is 8.03. The molecule has 1 aromatic carbocycles. The molecule has 2 aliphatic heterocycles. The number of fused-ring (bicyclic) bond motifs is 3. The number of piperazine rings is 1. The van der Waals surface area contributed by atoms with Gasteiger partial charge in [-0.2, -0.15) is 5.10 Å². The van der Waals surface area contributed by atoms with Gasteiger partial charge in [-0.25, -0.2) is 0 Å². The number of carbonyl (C=O) groups excluding carboxylic acids is 2. The van der Waals surface area contributed by atoms with Crippen molar-refractivity contribution in [2.24, 2.45) is 11.8 Å². The van der Waals surface area contributed by atoms with Crippen LogP contribution in [-0.2, 0) is 17.8 Å².